The van der Waals surface area contributed by atoms with Crippen LogP contribution < -0.4 is 5.32 Å². The van der Waals surface area contributed by atoms with Gasteiger partial charge in [-0.1, -0.05) is 31.9 Å². The van der Waals surface area contributed by atoms with E-state index in [-0.39, 0.29) is 23.2 Å². The van der Waals surface area contributed by atoms with Gasteiger partial charge in [0.05, 0.1) is 16.6 Å². The van der Waals surface area contributed by atoms with Crippen LogP contribution in [-0.4, -0.2) is 33.5 Å². The highest BCUT2D eigenvalue weighted by molar-refractivity contribution is 6.33. The highest BCUT2D eigenvalue weighted by Gasteiger charge is 2.44. The minimum absolute atomic E-state index is 0.0748. The fraction of sp³-hybridized carbons (Fsp3) is 0.571. The molecule has 2 N–H and O–H groups in total. The Morgan fingerprint density at radius 2 is 2.14 bits per heavy atom. The van der Waals surface area contributed by atoms with Crippen LogP contribution >= 0.6 is 11.6 Å². The fourth-order valence-corrected chi connectivity index (χ4v) is 2.40. The van der Waals surface area contributed by atoms with E-state index >= 15 is 0 Å². The number of nitrogens with one attached hydrogen (secondary N) is 1. The van der Waals surface area contributed by atoms with Crippen molar-refractivity contribution in [1.82, 2.24) is 15.3 Å². The molecule has 1 fully saturated rings. The van der Waals surface area contributed by atoms with Gasteiger partial charge in [0.1, 0.15) is 11.5 Å². The van der Waals surface area contributed by atoms with Crippen LogP contribution in [-0.2, 0) is 4.79 Å². The Balaban J connectivity index is 2.10. The number of hydrogen-bond acceptors (Lipinski definition) is 4. The van der Waals surface area contributed by atoms with E-state index in [1.165, 1.54) is 6.20 Å². The summed E-state index contributed by atoms with van der Waals surface area (Å²) in [5.41, 5.74) is -0.744. The Morgan fingerprint density at radius 3 is 2.62 bits per heavy atom. The van der Waals surface area contributed by atoms with Crippen molar-refractivity contribution in [1.29, 1.82) is 0 Å². The molecule has 1 aliphatic rings. The summed E-state index contributed by atoms with van der Waals surface area (Å²) in [5.74, 6) is -0.727. The molecule has 0 spiro atoms. The third-order valence-electron chi connectivity index (χ3n) is 3.85. The number of nitrogens with zero attached hydrogens (tertiary/aromatic N) is 2. The first-order valence-electron chi connectivity index (χ1n) is 6.90. The molecule has 1 amide bonds. The normalized spacial score (nSPS) is 16.4. The Hall–Kier alpha value is -1.69. The van der Waals surface area contributed by atoms with E-state index in [1.807, 2.05) is 13.8 Å². The molecule has 2 rings (SSSR count). The summed E-state index contributed by atoms with van der Waals surface area (Å²) in [6, 6.07) is 0. The van der Waals surface area contributed by atoms with E-state index in [0.717, 1.165) is 6.42 Å². The minimum atomic E-state index is -0.870. The number of aromatic nitrogens is 2. The van der Waals surface area contributed by atoms with Crippen LogP contribution in [0.3, 0.4) is 0 Å². The summed E-state index contributed by atoms with van der Waals surface area (Å²) in [6.45, 7) is 3.93. The van der Waals surface area contributed by atoms with E-state index in [1.54, 1.807) is 0 Å². The first kappa shape index (κ1) is 15.7. The first-order valence-corrected chi connectivity index (χ1v) is 7.27. The number of carbonyl (C=O) groups is 2. The SMILES string of the molecule is CC(C)c1ncc(Cl)c(C(=O)NCC2(C(=O)O)CCC2)n1. The molecule has 1 heterocycles. The second kappa shape index (κ2) is 5.97. The summed E-state index contributed by atoms with van der Waals surface area (Å²) in [4.78, 5) is 31.7. The van der Waals surface area contributed by atoms with E-state index in [4.69, 9.17) is 11.6 Å². The number of rotatable bonds is 5. The van der Waals surface area contributed by atoms with Gasteiger partial charge in [0.25, 0.3) is 5.91 Å². The molecule has 1 aromatic heterocycles. The summed E-state index contributed by atoms with van der Waals surface area (Å²) in [7, 11) is 0. The van der Waals surface area contributed by atoms with E-state index in [9.17, 15) is 14.7 Å². The average Bonchev–Trinajstić information content (AvgIpc) is 2.36. The van der Waals surface area contributed by atoms with Crippen molar-refractivity contribution in [3.8, 4) is 0 Å². The number of aliphatic carboxylic acids is 1. The maximum absolute atomic E-state index is 12.2. The van der Waals surface area contributed by atoms with Crippen LogP contribution in [0.1, 0.15) is 55.3 Å². The van der Waals surface area contributed by atoms with Crippen LogP contribution in [0, 0.1) is 5.41 Å². The number of hydrogen-bond donors (Lipinski definition) is 2. The summed E-state index contributed by atoms with van der Waals surface area (Å²) < 4.78 is 0. The number of carbonyl (C=O) groups excluding carboxylic acids is 1. The molecule has 0 unspecified atom stereocenters. The van der Waals surface area contributed by atoms with Crippen LogP contribution in [0.4, 0.5) is 0 Å². The lowest BCUT2D eigenvalue weighted by atomic mass is 9.69. The van der Waals surface area contributed by atoms with Crippen LogP contribution in [0.25, 0.3) is 0 Å². The van der Waals surface area contributed by atoms with Crippen LogP contribution in [0.5, 0.6) is 0 Å². The topological polar surface area (TPSA) is 92.2 Å². The van der Waals surface area contributed by atoms with Gasteiger partial charge in [-0.15, -0.1) is 0 Å². The Kier molecular flexibility index (Phi) is 4.46. The van der Waals surface area contributed by atoms with Gasteiger partial charge in [-0.25, -0.2) is 9.97 Å². The molecular weight excluding hydrogens is 294 g/mol. The lowest BCUT2D eigenvalue weighted by Crippen LogP contribution is -2.47. The van der Waals surface area contributed by atoms with Crippen molar-refractivity contribution in [3.05, 3.63) is 22.7 Å². The standard InChI is InChI=1S/C14H18ClN3O3/c1-8(2)11-16-6-9(15)10(18-11)12(19)17-7-14(13(20)21)4-3-5-14/h6,8H,3-5,7H2,1-2H3,(H,17,19)(H,20,21). The molecule has 1 aliphatic carbocycles. The Morgan fingerprint density at radius 1 is 1.48 bits per heavy atom. The predicted octanol–water partition coefficient (Wildman–Crippen LogP) is 2.24. The van der Waals surface area contributed by atoms with Gasteiger partial charge >= 0.3 is 5.97 Å². The highest BCUT2D eigenvalue weighted by atomic mass is 35.5. The molecule has 0 bridgehead atoms. The zero-order chi connectivity index (χ0) is 15.6. The number of carboxylic acids is 1. The molecule has 0 saturated heterocycles. The molecule has 0 atom stereocenters. The van der Waals surface area contributed by atoms with Gasteiger partial charge in [-0.2, -0.15) is 0 Å². The number of carboxylic acid groups (broad SMARTS) is 1. The molecule has 0 aromatic carbocycles. The predicted molar refractivity (Wildman–Crippen MR) is 77.4 cm³/mol. The molecule has 1 aromatic rings. The third kappa shape index (κ3) is 3.15. The number of halogens is 1. The van der Waals surface area contributed by atoms with Gasteiger partial charge in [-0.3, -0.25) is 9.59 Å². The van der Waals surface area contributed by atoms with E-state index in [0.29, 0.717) is 18.7 Å². The average molecular weight is 312 g/mol. The highest BCUT2D eigenvalue weighted by Crippen LogP contribution is 2.40. The minimum Gasteiger partial charge on any atom is -0.481 e. The largest absolute Gasteiger partial charge is 0.481 e. The van der Waals surface area contributed by atoms with Gasteiger partial charge in [0.2, 0.25) is 0 Å². The van der Waals surface area contributed by atoms with Crippen molar-refractivity contribution >= 4 is 23.5 Å². The second-order valence-corrected chi connectivity index (χ2v) is 6.11. The molecule has 0 radical (unpaired) electrons. The van der Waals surface area contributed by atoms with Crippen LogP contribution in [0.2, 0.25) is 5.02 Å². The monoisotopic (exact) mass is 311 g/mol. The molecule has 0 aliphatic heterocycles. The Labute approximate surface area is 127 Å². The molecule has 7 heteroatoms. The molecular formula is C14H18ClN3O3. The van der Waals surface area contributed by atoms with E-state index in [2.05, 4.69) is 15.3 Å². The lowest BCUT2D eigenvalue weighted by Gasteiger charge is -2.37. The summed E-state index contributed by atoms with van der Waals surface area (Å²) in [6.07, 6.45) is 3.43. The van der Waals surface area contributed by atoms with Crippen LogP contribution in [0.15, 0.2) is 6.20 Å². The summed E-state index contributed by atoms with van der Waals surface area (Å²) >= 11 is 5.95. The van der Waals surface area contributed by atoms with Gasteiger partial charge < -0.3 is 10.4 Å². The maximum atomic E-state index is 12.2. The zero-order valence-electron chi connectivity index (χ0n) is 12.0. The quantitative estimate of drug-likeness (QED) is 0.870. The first-order chi connectivity index (χ1) is 9.85. The van der Waals surface area contributed by atoms with Crippen molar-refractivity contribution in [2.75, 3.05) is 6.54 Å². The Bertz CT molecular complexity index is 571. The van der Waals surface area contributed by atoms with Gasteiger partial charge in [0, 0.05) is 12.5 Å². The molecule has 114 valence electrons. The smallest absolute Gasteiger partial charge is 0.311 e. The molecule has 21 heavy (non-hydrogen) atoms. The lowest BCUT2D eigenvalue weighted by molar-refractivity contribution is -0.153. The number of amides is 1. The zero-order valence-corrected chi connectivity index (χ0v) is 12.8. The molecule has 1 saturated carbocycles. The van der Waals surface area contributed by atoms with Crippen molar-refractivity contribution in [3.63, 3.8) is 0 Å². The van der Waals surface area contributed by atoms with Gasteiger partial charge in [-0.05, 0) is 12.8 Å². The third-order valence-corrected chi connectivity index (χ3v) is 4.12. The van der Waals surface area contributed by atoms with Crippen molar-refractivity contribution in [2.24, 2.45) is 5.41 Å². The van der Waals surface area contributed by atoms with E-state index < -0.39 is 17.3 Å². The van der Waals surface area contributed by atoms with Crippen molar-refractivity contribution in [2.45, 2.75) is 39.0 Å². The molecule has 6 nitrogen and oxygen atoms in total. The summed E-state index contributed by atoms with van der Waals surface area (Å²) in [5, 5.41) is 12.0. The van der Waals surface area contributed by atoms with Crippen molar-refractivity contribution < 1.29 is 14.7 Å². The fourth-order valence-electron chi connectivity index (χ4n) is 2.22. The second-order valence-electron chi connectivity index (χ2n) is 5.70. The maximum Gasteiger partial charge on any atom is 0.311 e. The van der Waals surface area contributed by atoms with Gasteiger partial charge in [0.15, 0.2) is 0 Å².